The minimum Gasteiger partial charge on any atom is -0.768 e. The molecule has 1 aliphatic rings. The molecular weight excluding hydrogens is 323 g/mol. The fourth-order valence-electron chi connectivity index (χ4n) is 2.32. The van der Waals surface area contributed by atoms with Gasteiger partial charge in [0.1, 0.15) is 5.75 Å². The third-order valence-electron chi connectivity index (χ3n) is 3.29. The lowest BCUT2D eigenvalue weighted by molar-refractivity contribution is -0.186. The van der Waals surface area contributed by atoms with E-state index >= 15 is 0 Å². The van der Waals surface area contributed by atoms with Gasteiger partial charge in [0, 0.05) is 13.1 Å². The van der Waals surface area contributed by atoms with Crippen molar-refractivity contribution in [3.8, 4) is 5.75 Å². The Labute approximate surface area is 127 Å². The fourth-order valence-corrected chi connectivity index (χ4v) is 2.84. The minimum atomic E-state index is -4.94. The standard InChI is InChI=1S/C13H14F3NO4S/c1-2-21-10-5-8-3-4-17(12(18)13(14,15)16)7-9(8)6-11(10)22(19)20/h5-6H,2-4,7H2,1H3,(H,19,20)/p-1. The van der Waals surface area contributed by atoms with Crippen LogP contribution in [0.4, 0.5) is 13.2 Å². The maximum atomic E-state index is 12.5. The smallest absolute Gasteiger partial charge is 0.471 e. The first kappa shape index (κ1) is 16.8. The number of alkyl halides is 3. The number of fused-ring (bicyclic) bond motifs is 1. The summed E-state index contributed by atoms with van der Waals surface area (Å²) in [5, 5.41) is 0. The van der Waals surface area contributed by atoms with Crippen molar-refractivity contribution in [3.05, 3.63) is 23.3 Å². The molecule has 0 aromatic heterocycles. The molecule has 1 amide bonds. The van der Waals surface area contributed by atoms with E-state index in [0.717, 1.165) is 0 Å². The highest BCUT2D eigenvalue weighted by atomic mass is 32.2. The molecule has 1 atom stereocenters. The summed E-state index contributed by atoms with van der Waals surface area (Å²) >= 11 is -2.58. The lowest BCUT2D eigenvalue weighted by Crippen LogP contribution is -2.43. The average Bonchev–Trinajstić information content (AvgIpc) is 2.44. The molecule has 1 aromatic carbocycles. The number of ether oxygens (including phenoxy) is 1. The second-order valence-corrected chi connectivity index (χ2v) is 5.62. The Morgan fingerprint density at radius 2 is 2.09 bits per heavy atom. The van der Waals surface area contributed by atoms with E-state index in [1.54, 1.807) is 6.92 Å². The van der Waals surface area contributed by atoms with Crippen LogP contribution >= 0.6 is 0 Å². The summed E-state index contributed by atoms with van der Waals surface area (Å²) in [6.07, 6.45) is -4.73. The Morgan fingerprint density at radius 3 is 2.64 bits per heavy atom. The lowest BCUT2D eigenvalue weighted by atomic mass is 9.99. The molecule has 9 heteroatoms. The van der Waals surface area contributed by atoms with Crippen molar-refractivity contribution in [2.24, 2.45) is 0 Å². The van der Waals surface area contributed by atoms with Gasteiger partial charge in [0.2, 0.25) is 0 Å². The van der Waals surface area contributed by atoms with E-state index in [1.165, 1.54) is 12.1 Å². The Morgan fingerprint density at radius 1 is 1.41 bits per heavy atom. The highest BCUT2D eigenvalue weighted by molar-refractivity contribution is 7.79. The van der Waals surface area contributed by atoms with Gasteiger partial charge in [-0.15, -0.1) is 0 Å². The van der Waals surface area contributed by atoms with Gasteiger partial charge in [-0.25, -0.2) is 0 Å². The number of carbonyl (C=O) groups is 1. The summed E-state index contributed by atoms with van der Waals surface area (Å²) < 4.78 is 65.1. The molecule has 0 bridgehead atoms. The molecule has 1 aliphatic heterocycles. The number of rotatable bonds is 3. The summed E-state index contributed by atoms with van der Waals surface area (Å²) in [4.78, 5) is 11.8. The van der Waals surface area contributed by atoms with E-state index in [-0.39, 0.29) is 36.8 Å². The number of hydrogen-bond acceptors (Lipinski definition) is 4. The van der Waals surface area contributed by atoms with Crippen LogP contribution in [0.1, 0.15) is 18.1 Å². The van der Waals surface area contributed by atoms with Crippen molar-refractivity contribution < 1.29 is 31.5 Å². The van der Waals surface area contributed by atoms with Gasteiger partial charge in [0.25, 0.3) is 0 Å². The molecule has 0 fully saturated rings. The third-order valence-corrected chi connectivity index (χ3v) is 3.97. The molecular formula is C13H13F3NO4S-. The number of hydrogen-bond donors (Lipinski definition) is 0. The first-order chi connectivity index (χ1) is 10.2. The van der Waals surface area contributed by atoms with Crippen LogP contribution in [-0.4, -0.2) is 38.9 Å². The normalized spacial score (nSPS) is 16.1. The fraction of sp³-hybridized carbons (Fsp3) is 0.462. The van der Waals surface area contributed by atoms with Crippen molar-refractivity contribution in [1.82, 2.24) is 4.90 Å². The number of carbonyl (C=O) groups excluding carboxylic acids is 1. The predicted molar refractivity (Wildman–Crippen MR) is 70.0 cm³/mol. The molecule has 2 rings (SSSR count). The molecule has 1 unspecified atom stereocenters. The van der Waals surface area contributed by atoms with Gasteiger partial charge in [-0.1, -0.05) is 0 Å². The molecule has 0 saturated carbocycles. The highest BCUT2D eigenvalue weighted by Gasteiger charge is 2.43. The Bertz CT molecular complexity index is 618. The largest absolute Gasteiger partial charge is 0.768 e. The number of nitrogens with zero attached hydrogens (tertiary/aromatic N) is 1. The van der Waals surface area contributed by atoms with Crippen LogP contribution in [-0.2, 0) is 28.8 Å². The van der Waals surface area contributed by atoms with Gasteiger partial charge < -0.3 is 14.2 Å². The summed E-state index contributed by atoms with van der Waals surface area (Å²) in [5.41, 5.74) is 1.07. The predicted octanol–water partition coefficient (Wildman–Crippen LogP) is 1.77. The van der Waals surface area contributed by atoms with Crippen LogP contribution < -0.4 is 4.74 Å². The number of halogens is 3. The van der Waals surface area contributed by atoms with Gasteiger partial charge >= 0.3 is 12.1 Å². The number of amides is 1. The summed E-state index contributed by atoms with van der Waals surface area (Å²) in [6.45, 7) is 1.61. The van der Waals surface area contributed by atoms with Crippen LogP contribution in [0.2, 0.25) is 0 Å². The zero-order valence-corrected chi connectivity index (χ0v) is 12.4. The molecule has 22 heavy (non-hydrogen) atoms. The Kier molecular flexibility index (Phi) is 4.76. The molecule has 0 spiro atoms. The molecule has 0 radical (unpaired) electrons. The second kappa shape index (κ2) is 6.25. The highest BCUT2D eigenvalue weighted by Crippen LogP contribution is 2.31. The minimum absolute atomic E-state index is 0.0727. The SMILES string of the molecule is CCOc1cc2c(cc1S(=O)[O-])CN(C(=O)C(F)(F)F)CC2. The van der Waals surface area contributed by atoms with E-state index in [1.807, 2.05) is 0 Å². The van der Waals surface area contributed by atoms with Crippen LogP contribution in [0.5, 0.6) is 5.75 Å². The van der Waals surface area contributed by atoms with Crippen molar-refractivity contribution >= 4 is 17.0 Å². The molecule has 0 N–H and O–H groups in total. The summed E-state index contributed by atoms with van der Waals surface area (Å²) in [7, 11) is 0. The molecule has 1 heterocycles. The maximum Gasteiger partial charge on any atom is 0.471 e. The monoisotopic (exact) mass is 336 g/mol. The molecule has 5 nitrogen and oxygen atoms in total. The molecule has 0 aliphatic carbocycles. The van der Waals surface area contributed by atoms with Gasteiger partial charge in [-0.05, 0) is 47.7 Å². The number of benzene rings is 1. The zero-order valence-electron chi connectivity index (χ0n) is 11.6. The second-order valence-electron chi connectivity index (χ2n) is 4.71. The molecule has 0 saturated heterocycles. The van der Waals surface area contributed by atoms with E-state index in [9.17, 15) is 26.7 Å². The maximum absolute atomic E-state index is 12.5. The van der Waals surface area contributed by atoms with E-state index in [2.05, 4.69) is 0 Å². The zero-order chi connectivity index (χ0) is 16.5. The van der Waals surface area contributed by atoms with Crippen LogP contribution in [0.3, 0.4) is 0 Å². The van der Waals surface area contributed by atoms with Crippen molar-refractivity contribution in [1.29, 1.82) is 0 Å². The first-order valence-electron chi connectivity index (χ1n) is 6.48. The van der Waals surface area contributed by atoms with Gasteiger partial charge in [-0.3, -0.25) is 9.00 Å². The molecule has 1 aromatic rings. The first-order valence-corrected chi connectivity index (χ1v) is 7.55. The van der Waals surface area contributed by atoms with E-state index < -0.39 is 23.2 Å². The molecule has 122 valence electrons. The third kappa shape index (κ3) is 3.41. The van der Waals surface area contributed by atoms with Gasteiger partial charge in [0.15, 0.2) is 0 Å². The van der Waals surface area contributed by atoms with Crippen LogP contribution in [0.25, 0.3) is 0 Å². The summed E-state index contributed by atoms with van der Waals surface area (Å²) in [6, 6.07) is 2.78. The summed E-state index contributed by atoms with van der Waals surface area (Å²) in [5.74, 6) is -1.75. The van der Waals surface area contributed by atoms with Crippen LogP contribution in [0, 0.1) is 0 Å². The van der Waals surface area contributed by atoms with Crippen molar-refractivity contribution in [2.75, 3.05) is 13.2 Å². The Balaban J connectivity index is 2.34. The van der Waals surface area contributed by atoms with Crippen LogP contribution in [0.15, 0.2) is 17.0 Å². The lowest BCUT2D eigenvalue weighted by Gasteiger charge is -2.30. The quantitative estimate of drug-likeness (QED) is 0.789. The van der Waals surface area contributed by atoms with Gasteiger partial charge in [0.05, 0.1) is 11.5 Å². The Hall–Kier alpha value is -1.61. The topological polar surface area (TPSA) is 69.7 Å². The van der Waals surface area contributed by atoms with Crippen molar-refractivity contribution in [3.63, 3.8) is 0 Å². The average molecular weight is 336 g/mol. The van der Waals surface area contributed by atoms with E-state index in [4.69, 9.17) is 4.74 Å². The van der Waals surface area contributed by atoms with Gasteiger partial charge in [-0.2, -0.15) is 13.2 Å². The van der Waals surface area contributed by atoms with E-state index in [0.29, 0.717) is 16.0 Å². The van der Waals surface area contributed by atoms with Crippen molar-refractivity contribution in [2.45, 2.75) is 31.0 Å².